The molecule has 0 aliphatic carbocycles. The van der Waals surface area contributed by atoms with E-state index >= 15 is 0 Å². The van der Waals surface area contributed by atoms with Crippen LogP contribution < -0.4 is 4.72 Å². The molecule has 0 fully saturated rings. The highest BCUT2D eigenvalue weighted by Crippen LogP contribution is 2.29. The van der Waals surface area contributed by atoms with Crippen molar-refractivity contribution < 1.29 is 8.42 Å². The lowest BCUT2D eigenvalue weighted by molar-refractivity contribution is 0.601. The number of nitrogens with one attached hydrogen (secondary N) is 1. The molecule has 136 valence electrons. The number of pyridine rings is 1. The lowest BCUT2D eigenvalue weighted by atomic mass is 10.1. The van der Waals surface area contributed by atoms with Gasteiger partial charge in [-0.25, -0.2) is 13.4 Å². The number of fused-ring (bicyclic) bond motifs is 1. The first kappa shape index (κ1) is 17.3. The van der Waals surface area contributed by atoms with Gasteiger partial charge in [-0.1, -0.05) is 43.3 Å². The molecule has 1 N–H and O–H groups in total. The van der Waals surface area contributed by atoms with E-state index in [9.17, 15) is 8.42 Å². The number of nitrogens with zero attached hydrogens (tertiary/aromatic N) is 2. The molecule has 0 amide bonds. The van der Waals surface area contributed by atoms with Gasteiger partial charge in [0.1, 0.15) is 5.65 Å². The molecule has 0 atom stereocenters. The number of benzene rings is 2. The first-order valence-corrected chi connectivity index (χ1v) is 10.2. The minimum absolute atomic E-state index is 0.240. The van der Waals surface area contributed by atoms with Crippen LogP contribution in [0.15, 0.2) is 84.0 Å². The Balaban J connectivity index is 1.72. The molecular weight excluding hydrogens is 358 g/mol. The molecule has 0 unspecified atom stereocenters. The lowest BCUT2D eigenvalue weighted by Gasteiger charge is -2.12. The lowest BCUT2D eigenvalue weighted by Crippen LogP contribution is -2.13. The molecule has 0 radical (unpaired) electrons. The number of hydrogen-bond donors (Lipinski definition) is 1. The second kappa shape index (κ2) is 6.89. The van der Waals surface area contributed by atoms with E-state index in [1.165, 1.54) is 0 Å². The molecule has 5 nitrogen and oxygen atoms in total. The number of sulfonamides is 1. The topological polar surface area (TPSA) is 63.5 Å². The van der Waals surface area contributed by atoms with Gasteiger partial charge in [0.2, 0.25) is 0 Å². The van der Waals surface area contributed by atoms with Crippen molar-refractivity contribution in [3.8, 4) is 11.3 Å². The quantitative estimate of drug-likeness (QED) is 0.562. The molecule has 4 rings (SSSR count). The summed E-state index contributed by atoms with van der Waals surface area (Å²) in [5.41, 5.74) is 3.84. The van der Waals surface area contributed by atoms with Crippen LogP contribution in [0, 0.1) is 0 Å². The first-order valence-electron chi connectivity index (χ1n) is 8.72. The first-order chi connectivity index (χ1) is 13.1. The van der Waals surface area contributed by atoms with Crippen LogP contribution in [0.2, 0.25) is 0 Å². The SMILES string of the molecule is CCc1ccc(S(=O)(=O)Nc2ccccc2-c2cn3ccccc3n2)cc1. The molecular formula is C21H19N3O2S. The van der Waals surface area contributed by atoms with Crippen molar-refractivity contribution in [1.29, 1.82) is 0 Å². The molecule has 2 heterocycles. The van der Waals surface area contributed by atoms with Crippen LogP contribution in [-0.4, -0.2) is 17.8 Å². The summed E-state index contributed by atoms with van der Waals surface area (Å²) in [6.07, 6.45) is 4.66. The molecule has 2 aromatic carbocycles. The fourth-order valence-corrected chi connectivity index (χ4v) is 4.05. The average molecular weight is 377 g/mol. The number of hydrogen-bond acceptors (Lipinski definition) is 3. The molecule has 4 aromatic rings. The van der Waals surface area contributed by atoms with Crippen LogP contribution in [0.4, 0.5) is 5.69 Å². The Labute approximate surface area is 158 Å². The number of imidazole rings is 1. The smallest absolute Gasteiger partial charge is 0.261 e. The van der Waals surface area contributed by atoms with Gasteiger partial charge in [0.25, 0.3) is 10.0 Å². The molecule has 0 aliphatic rings. The van der Waals surface area contributed by atoms with Gasteiger partial charge < -0.3 is 4.40 Å². The maximum atomic E-state index is 12.8. The van der Waals surface area contributed by atoms with Crippen molar-refractivity contribution in [2.24, 2.45) is 0 Å². The van der Waals surface area contributed by atoms with Crippen LogP contribution in [0.1, 0.15) is 12.5 Å². The van der Waals surface area contributed by atoms with Crippen LogP contribution >= 0.6 is 0 Å². The fourth-order valence-electron chi connectivity index (χ4n) is 2.97. The van der Waals surface area contributed by atoms with Gasteiger partial charge in [0.15, 0.2) is 0 Å². The maximum Gasteiger partial charge on any atom is 0.261 e. The van der Waals surface area contributed by atoms with Gasteiger partial charge in [0.05, 0.1) is 16.3 Å². The monoisotopic (exact) mass is 377 g/mol. The van der Waals surface area contributed by atoms with Crippen LogP contribution in [0.3, 0.4) is 0 Å². The largest absolute Gasteiger partial charge is 0.306 e. The average Bonchev–Trinajstić information content (AvgIpc) is 3.12. The van der Waals surface area contributed by atoms with E-state index in [0.29, 0.717) is 11.4 Å². The van der Waals surface area contributed by atoms with E-state index in [-0.39, 0.29) is 4.90 Å². The molecule has 0 saturated heterocycles. The predicted octanol–water partition coefficient (Wildman–Crippen LogP) is 4.36. The fraction of sp³-hybridized carbons (Fsp3) is 0.0952. The highest BCUT2D eigenvalue weighted by molar-refractivity contribution is 7.92. The van der Waals surface area contributed by atoms with Crippen molar-refractivity contribution in [2.75, 3.05) is 4.72 Å². The summed E-state index contributed by atoms with van der Waals surface area (Å²) in [7, 11) is -3.68. The number of rotatable bonds is 5. The summed E-state index contributed by atoms with van der Waals surface area (Å²) >= 11 is 0. The molecule has 0 aliphatic heterocycles. The molecule has 27 heavy (non-hydrogen) atoms. The van der Waals surface area contributed by atoms with E-state index in [4.69, 9.17) is 0 Å². The van der Waals surface area contributed by atoms with Gasteiger partial charge in [-0.15, -0.1) is 0 Å². The van der Waals surface area contributed by atoms with Gasteiger partial charge in [-0.05, 0) is 42.3 Å². The predicted molar refractivity (Wildman–Crippen MR) is 107 cm³/mol. The van der Waals surface area contributed by atoms with Crippen molar-refractivity contribution in [3.63, 3.8) is 0 Å². The maximum absolute atomic E-state index is 12.8. The molecule has 2 aromatic heterocycles. The molecule has 0 saturated carbocycles. The second-order valence-electron chi connectivity index (χ2n) is 6.24. The zero-order chi connectivity index (χ0) is 18.9. The Morgan fingerprint density at radius 3 is 2.44 bits per heavy atom. The summed E-state index contributed by atoms with van der Waals surface area (Å²) in [4.78, 5) is 4.84. The van der Waals surface area contributed by atoms with Crippen molar-refractivity contribution in [1.82, 2.24) is 9.38 Å². The Kier molecular flexibility index (Phi) is 4.41. The normalized spacial score (nSPS) is 11.6. The number of para-hydroxylation sites is 1. The number of aryl methyl sites for hydroxylation is 1. The Morgan fingerprint density at radius 2 is 1.70 bits per heavy atom. The van der Waals surface area contributed by atoms with Gasteiger partial charge in [0, 0.05) is 18.0 Å². The number of aromatic nitrogens is 2. The molecule has 6 heteroatoms. The molecule has 0 bridgehead atoms. The highest BCUT2D eigenvalue weighted by atomic mass is 32.2. The van der Waals surface area contributed by atoms with Crippen LogP contribution in [0.25, 0.3) is 16.9 Å². The van der Waals surface area contributed by atoms with E-state index in [1.807, 2.05) is 66.2 Å². The van der Waals surface area contributed by atoms with E-state index < -0.39 is 10.0 Å². The second-order valence-corrected chi connectivity index (χ2v) is 7.92. The van der Waals surface area contributed by atoms with Gasteiger partial charge >= 0.3 is 0 Å². The van der Waals surface area contributed by atoms with E-state index in [2.05, 4.69) is 9.71 Å². The van der Waals surface area contributed by atoms with Crippen molar-refractivity contribution >= 4 is 21.4 Å². The highest BCUT2D eigenvalue weighted by Gasteiger charge is 2.17. The Morgan fingerprint density at radius 1 is 0.963 bits per heavy atom. The van der Waals surface area contributed by atoms with E-state index in [0.717, 1.165) is 23.2 Å². The Hall–Kier alpha value is -3.12. The van der Waals surface area contributed by atoms with Crippen molar-refractivity contribution in [2.45, 2.75) is 18.2 Å². The standard InChI is InChI=1S/C21H19N3O2S/c1-2-16-10-12-17(13-11-16)27(25,26)23-19-8-4-3-7-18(19)20-15-24-14-6-5-9-21(24)22-20/h3-15,23H,2H2,1H3. The minimum Gasteiger partial charge on any atom is -0.306 e. The van der Waals surface area contributed by atoms with E-state index in [1.54, 1.807) is 24.3 Å². The van der Waals surface area contributed by atoms with Crippen LogP contribution in [0.5, 0.6) is 0 Å². The molecule has 0 spiro atoms. The summed E-state index contributed by atoms with van der Waals surface area (Å²) in [6.45, 7) is 2.03. The summed E-state index contributed by atoms with van der Waals surface area (Å²) in [5, 5.41) is 0. The van der Waals surface area contributed by atoms with Crippen molar-refractivity contribution in [3.05, 3.63) is 84.7 Å². The third-order valence-corrected chi connectivity index (χ3v) is 5.83. The third kappa shape index (κ3) is 3.44. The summed E-state index contributed by atoms with van der Waals surface area (Å²) in [5.74, 6) is 0. The number of anilines is 1. The Bertz CT molecular complexity index is 1160. The zero-order valence-corrected chi connectivity index (χ0v) is 15.6. The third-order valence-electron chi connectivity index (χ3n) is 4.45. The minimum atomic E-state index is -3.68. The summed E-state index contributed by atoms with van der Waals surface area (Å²) < 4.78 is 30.3. The van der Waals surface area contributed by atoms with Gasteiger partial charge in [-0.3, -0.25) is 4.72 Å². The summed E-state index contributed by atoms with van der Waals surface area (Å²) in [6, 6.07) is 20.0. The zero-order valence-electron chi connectivity index (χ0n) is 14.8. The van der Waals surface area contributed by atoms with Gasteiger partial charge in [-0.2, -0.15) is 0 Å². The van der Waals surface area contributed by atoms with Crippen LogP contribution in [-0.2, 0) is 16.4 Å².